The van der Waals surface area contributed by atoms with Crippen LogP contribution in [0.1, 0.15) is 19.3 Å². The van der Waals surface area contributed by atoms with Crippen molar-refractivity contribution >= 4 is 50.9 Å². The number of carbonyl (C=O) groups is 1. The summed E-state index contributed by atoms with van der Waals surface area (Å²) in [6.45, 7) is 0. The highest BCUT2D eigenvalue weighted by atomic mass is 35.5. The fourth-order valence-electron chi connectivity index (χ4n) is 2.06. The van der Waals surface area contributed by atoms with Gasteiger partial charge in [0, 0.05) is 11.1 Å². The quantitative estimate of drug-likeness (QED) is 0.362. The summed E-state index contributed by atoms with van der Waals surface area (Å²) < 4.78 is 4.76. The molecule has 1 aliphatic carbocycles. The minimum atomic E-state index is -0.135. The molecule has 1 saturated carbocycles. The number of thioether (sulfide) groups is 1. The lowest BCUT2D eigenvalue weighted by Gasteiger charge is -2.12. The topological polar surface area (TPSA) is 52.1 Å². The number of esters is 1. The lowest BCUT2D eigenvalue weighted by Crippen LogP contribution is -2.13. The summed E-state index contributed by atoms with van der Waals surface area (Å²) in [6.07, 6.45) is 2.63. The number of thiophene rings is 1. The van der Waals surface area contributed by atoms with Gasteiger partial charge in [0.25, 0.3) is 0 Å². The highest BCUT2D eigenvalue weighted by Gasteiger charge is 2.44. The Balaban J connectivity index is 1.74. The van der Waals surface area contributed by atoms with Gasteiger partial charge in [0.15, 0.2) is 0 Å². The van der Waals surface area contributed by atoms with Gasteiger partial charge in [0.05, 0.1) is 13.5 Å². The summed E-state index contributed by atoms with van der Waals surface area (Å²) in [5.74, 6) is 0.727. The molecule has 1 aliphatic rings. The number of hydrogen-bond acceptors (Lipinski definition) is 6. The van der Waals surface area contributed by atoms with E-state index in [2.05, 4.69) is 9.97 Å². The van der Waals surface area contributed by atoms with E-state index in [1.165, 1.54) is 7.11 Å². The van der Waals surface area contributed by atoms with Gasteiger partial charge in [-0.1, -0.05) is 0 Å². The molecule has 2 aromatic rings. The number of ether oxygens (including phenoxy) is 1. The van der Waals surface area contributed by atoms with Crippen molar-refractivity contribution in [2.45, 2.75) is 24.3 Å². The molecule has 7 heteroatoms. The van der Waals surface area contributed by atoms with Crippen LogP contribution >= 0.6 is 34.7 Å². The number of fused-ring (bicyclic) bond motifs is 1. The number of nitrogens with zero attached hydrogens (tertiary/aromatic N) is 2. The second kappa shape index (κ2) is 5.50. The molecule has 0 unspecified atom stereocenters. The predicted molar refractivity (Wildman–Crippen MR) is 81.4 cm³/mol. The van der Waals surface area contributed by atoms with Crippen molar-refractivity contribution in [2.24, 2.45) is 5.41 Å². The number of halogens is 1. The first-order valence-electron chi connectivity index (χ1n) is 6.22. The SMILES string of the molecule is COC(=O)CC1(CSc2nc(Cl)nc3sccc23)CC1. The van der Waals surface area contributed by atoms with Crippen molar-refractivity contribution in [1.29, 1.82) is 0 Å². The van der Waals surface area contributed by atoms with Crippen molar-refractivity contribution in [3.8, 4) is 0 Å². The van der Waals surface area contributed by atoms with E-state index in [0.29, 0.717) is 6.42 Å². The zero-order valence-electron chi connectivity index (χ0n) is 10.9. The van der Waals surface area contributed by atoms with Crippen LogP contribution in [0.25, 0.3) is 10.2 Å². The van der Waals surface area contributed by atoms with E-state index in [0.717, 1.165) is 33.8 Å². The van der Waals surface area contributed by atoms with Gasteiger partial charge in [-0.3, -0.25) is 4.79 Å². The van der Waals surface area contributed by atoms with Gasteiger partial charge in [-0.15, -0.1) is 23.1 Å². The van der Waals surface area contributed by atoms with E-state index in [4.69, 9.17) is 16.3 Å². The molecule has 106 valence electrons. The molecule has 0 amide bonds. The molecule has 0 saturated heterocycles. The second-order valence-corrected chi connectivity index (χ2v) is 7.18. The Bertz CT molecular complexity index is 655. The molecule has 2 aromatic heterocycles. The number of rotatable bonds is 5. The number of hydrogen-bond donors (Lipinski definition) is 0. The summed E-state index contributed by atoms with van der Waals surface area (Å²) in [4.78, 5) is 20.8. The maximum Gasteiger partial charge on any atom is 0.306 e. The van der Waals surface area contributed by atoms with Crippen LogP contribution < -0.4 is 0 Å². The van der Waals surface area contributed by atoms with Crippen LogP contribution in [-0.4, -0.2) is 28.8 Å². The van der Waals surface area contributed by atoms with Crippen LogP contribution in [0.3, 0.4) is 0 Å². The standard InChI is InChI=1S/C13H13ClN2O2S2/c1-18-9(17)6-13(3-4-13)7-20-11-8-2-5-19-10(8)15-12(14)16-11/h2,5H,3-4,6-7H2,1H3. The molecule has 1 fully saturated rings. The molecule has 2 heterocycles. The Morgan fingerprint density at radius 2 is 2.35 bits per heavy atom. The summed E-state index contributed by atoms with van der Waals surface area (Å²) in [6, 6.07) is 2.01. The van der Waals surface area contributed by atoms with E-state index >= 15 is 0 Å². The van der Waals surface area contributed by atoms with Crippen LogP contribution in [0.5, 0.6) is 0 Å². The summed E-state index contributed by atoms with van der Waals surface area (Å²) >= 11 is 9.16. The first-order valence-corrected chi connectivity index (χ1v) is 8.47. The number of aromatic nitrogens is 2. The highest BCUT2D eigenvalue weighted by molar-refractivity contribution is 7.99. The average Bonchev–Trinajstić information content (AvgIpc) is 3.02. The lowest BCUT2D eigenvalue weighted by molar-refractivity contribution is -0.141. The largest absolute Gasteiger partial charge is 0.469 e. The molecule has 20 heavy (non-hydrogen) atoms. The maximum absolute atomic E-state index is 11.4. The van der Waals surface area contributed by atoms with Crippen molar-refractivity contribution in [2.75, 3.05) is 12.9 Å². The minimum Gasteiger partial charge on any atom is -0.469 e. The van der Waals surface area contributed by atoms with E-state index in [1.807, 2.05) is 11.4 Å². The normalized spacial score (nSPS) is 16.3. The molecule has 0 aromatic carbocycles. The van der Waals surface area contributed by atoms with Crippen LogP contribution in [0, 0.1) is 5.41 Å². The van der Waals surface area contributed by atoms with Gasteiger partial charge in [0.2, 0.25) is 5.28 Å². The third-order valence-electron chi connectivity index (χ3n) is 3.48. The summed E-state index contributed by atoms with van der Waals surface area (Å²) in [5.41, 5.74) is 0.0809. The molecule has 0 spiro atoms. The molecule has 3 rings (SSSR count). The molecule has 0 atom stereocenters. The van der Waals surface area contributed by atoms with Crippen LogP contribution in [0.2, 0.25) is 5.28 Å². The summed E-state index contributed by atoms with van der Waals surface area (Å²) in [7, 11) is 1.44. The van der Waals surface area contributed by atoms with Gasteiger partial charge in [0.1, 0.15) is 9.86 Å². The van der Waals surface area contributed by atoms with Crippen LogP contribution in [0.15, 0.2) is 16.5 Å². The summed E-state index contributed by atoms with van der Waals surface area (Å²) in [5, 5.41) is 4.21. The third kappa shape index (κ3) is 2.92. The third-order valence-corrected chi connectivity index (χ3v) is 5.80. The Labute approximate surface area is 129 Å². The molecular weight excluding hydrogens is 316 g/mol. The Morgan fingerprint density at radius 1 is 1.55 bits per heavy atom. The lowest BCUT2D eigenvalue weighted by atomic mass is 10.1. The van der Waals surface area contributed by atoms with Crippen molar-refractivity contribution in [3.63, 3.8) is 0 Å². The maximum atomic E-state index is 11.4. The van der Waals surface area contributed by atoms with Crippen LogP contribution in [0.4, 0.5) is 0 Å². The molecule has 0 N–H and O–H groups in total. The van der Waals surface area contributed by atoms with Gasteiger partial charge < -0.3 is 4.74 Å². The molecular formula is C13H13ClN2O2S2. The molecule has 0 radical (unpaired) electrons. The van der Waals surface area contributed by atoms with Crippen molar-refractivity contribution in [3.05, 3.63) is 16.7 Å². The number of carbonyl (C=O) groups excluding carboxylic acids is 1. The van der Waals surface area contributed by atoms with Gasteiger partial charge in [-0.05, 0) is 41.3 Å². The Hall–Kier alpha value is -0.850. The van der Waals surface area contributed by atoms with Gasteiger partial charge >= 0.3 is 5.97 Å². The monoisotopic (exact) mass is 328 g/mol. The fourth-order valence-corrected chi connectivity index (χ4v) is 4.46. The van der Waals surface area contributed by atoms with Crippen LogP contribution in [-0.2, 0) is 9.53 Å². The fraction of sp³-hybridized carbons (Fsp3) is 0.462. The van der Waals surface area contributed by atoms with E-state index in [9.17, 15) is 4.79 Å². The zero-order valence-corrected chi connectivity index (χ0v) is 13.3. The first kappa shape index (κ1) is 14.1. The van der Waals surface area contributed by atoms with Gasteiger partial charge in [-0.2, -0.15) is 0 Å². The van der Waals surface area contributed by atoms with E-state index in [1.54, 1.807) is 23.1 Å². The molecule has 0 bridgehead atoms. The number of methoxy groups -OCH3 is 1. The predicted octanol–water partition coefficient (Wildman–Crippen LogP) is 3.78. The second-order valence-electron chi connectivity index (χ2n) is 4.98. The average molecular weight is 329 g/mol. The minimum absolute atomic E-state index is 0.0809. The highest BCUT2D eigenvalue weighted by Crippen LogP contribution is 2.52. The first-order chi connectivity index (χ1) is 9.62. The van der Waals surface area contributed by atoms with Gasteiger partial charge in [-0.25, -0.2) is 9.97 Å². The molecule has 4 nitrogen and oxygen atoms in total. The van der Waals surface area contributed by atoms with Crippen molar-refractivity contribution in [1.82, 2.24) is 9.97 Å². The zero-order chi connectivity index (χ0) is 14.2. The van der Waals surface area contributed by atoms with E-state index < -0.39 is 0 Å². The smallest absolute Gasteiger partial charge is 0.306 e. The Morgan fingerprint density at radius 3 is 3.05 bits per heavy atom. The van der Waals surface area contributed by atoms with E-state index in [-0.39, 0.29) is 16.7 Å². The Kier molecular flexibility index (Phi) is 3.88. The van der Waals surface area contributed by atoms with Crippen molar-refractivity contribution < 1.29 is 9.53 Å². The molecule has 0 aliphatic heterocycles.